The van der Waals surface area contributed by atoms with E-state index >= 15 is 0 Å². The molecule has 1 fully saturated rings. The number of carbonyl (C=O) groups excluding carboxylic acids is 1. The van der Waals surface area contributed by atoms with E-state index in [1.807, 2.05) is 24.3 Å². The van der Waals surface area contributed by atoms with Gasteiger partial charge in [-0.05, 0) is 48.0 Å². The number of piperazine rings is 1. The normalized spacial score (nSPS) is 14.5. The Labute approximate surface area is 206 Å². The SMILES string of the molecule is O=C(Nc1ccccc1-c1nc2ccc(CN3CCNCC3)cc2s1)c1ccc(Cl)cc1Cl. The minimum Gasteiger partial charge on any atom is -0.321 e. The zero-order valence-electron chi connectivity index (χ0n) is 17.8. The fourth-order valence-corrected chi connectivity index (χ4v) is 5.52. The van der Waals surface area contributed by atoms with E-state index in [2.05, 4.69) is 33.7 Å². The number of halogens is 2. The number of nitrogens with one attached hydrogen (secondary N) is 2. The van der Waals surface area contributed by atoms with Crippen molar-refractivity contribution in [1.29, 1.82) is 0 Å². The summed E-state index contributed by atoms with van der Waals surface area (Å²) in [5.74, 6) is -0.288. The molecule has 1 aromatic heterocycles. The number of hydrogen-bond acceptors (Lipinski definition) is 5. The van der Waals surface area contributed by atoms with E-state index in [4.69, 9.17) is 28.2 Å². The minimum absolute atomic E-state index is 0.288. The second-order valence-corrected chi connectivity index (χ2v) is 9.85. The Morgan fingerprint density at radius 2 is 1.88 bits per heavy atom. The summed E-state index contributed by atoms with van der Waals surface area (Å²) in [6, 6.07) is 19.0. The standard InChI is InChI=1S/C25H22Cl2N4OS/c26-17-6-7-18(20(27)14-17)24(32)29-21-4-2-1-3-19(21)25-30-22-8-5-16(13-23(22)33-25)15-31-11-9-28-10-12-31/h1-8,13-14,28H,9-12,15H2,(H,29,32). The zero-order chi connectivity index (χ0) is 22.8. The Kier molecular flexibility index (Phi) is 6.62. The Balaban J connectivity index is 1.41. The van der Waals surface area contributed by atoms with Gasteiger partial charge in [-0.15, -0.1) is 11.3 Å². The lowest BCUT2D eigenvalue weighted by molar-refractivity contribution is 0.102. The first kappa shape index (κ1) is 22.3. The highest BCUT2D eigenvalue weighted by Gasteiger charge is 2.16. The molecule has 8 heteroatoms. The molecule has 0 saturated carbocycles. The monoisotopic (exact) mass is 496 g/mol. The number of hydrogen-bond donors (Lipinski definition) is 2. The summed E-state index contributed by atoms with van der Waals surface area (Å²) in [5.41, 5.74) is 4.19. The number of nitrogens with zero attached hydrogens (tertiary/aromatic N) is 2. The molecule has 5 rings (SSSR count). The molecule has 1 aliphatic heterocycles. The maximum atomic E-state index is 12.9. The summed E-state index contributed by atoms with van der Waals surface area (Å²) in [4.78, 5) is 20.2. The highest BCUT2D eigenvalue weighted by atomic mass is 35.5. The van der Waals surface area contributed by atoms with E-state index in [1.54, 1.807) is 29.5 Å². The fourth-order valence-electron chi connectivity index (χ4n) is 3.95. The van der Waals surface area contributed by atoms with Crippen LogP contribution in [0.15, 0.2) is 60.7 Å². The molecular formula is C25H22Cl2N4OS. The molecule has 2 N–H and O–H groups in total. The van der Waals surface area contributed by atoms with Crippen LogP contribution in [0.2, 0.25) is 10.0 Å². The van der Waals surface area contributed by atoms with Gasteiger partial charge in [0.05, 0.1) is 26.5 Å². The third-order valence-corrected chi connectivity index (χ3v) is 7.25. The summed E-state index contributed by atoms with van der Waals surface area (Å²) in [6.45, 7) is 5.15. The lowest BCUT2D eigenvalue weighted by Gasteiger charge is -2.27. The van der Waals surface area contributed by atoms with Crippen molar-refractivity contribution in [1.82, 2.24) is 15.2 Å². The van der Waals surface area contributed by atoms with Crippen molar-refractivity contribution in [3.05, 3.63) is 81.8 Å². The molecule has 0 spiro atoms. The molecule has 5 nitrogen and oxygen atoms in total. The molecule has 0 unspecified atom stereocenters. The number of thiazole rings is 1. The van der Waals surface area contributed by atoms with Crippen LogP contribution in [0.1, 0.15) is 15.9 Å². The summed E-state index contributed by atoms with van der Waals surface area (Å²) in [7, 11) is 0. The average molecular weight is 497 g/mol. The highest BCUT2D eigenvalue weighted by molar-refractivity contribution is 7.21. The van der Waals surface area contributed by atoms with Crippen LogP contribution in [0.4, 0.5) is 5.69 Å². The minimum atomic E-state index is -0.288. The van der Waals surface area contributed by atoms with Crippen molar-refractivity contribution in [3.8, 4) is 10.6 Å². The molecule has 3 aromatic carbocycles. The van der Waals surface area contributed by atoms with Crippen LogP contribution < -0.4 is 10.6 Å². The molecule has 0 atom stereocenters. The van der Waals surface area contributed by atoms with Crippen molar-refractivity contribution in [2.75, 3.05) is 31.5 Å². The lowest BCUT2D eigenvalue weighted by atomic mass is 10.1. The molecule has 4 aromatic rings. The van der Waals surface area contributed by atoms with Crippen molar-refractivity contribution in [2.24, 2.45) is 0 Å². The Morgan fingerprint density at radius 3 is 2.70 bits per heavy atom. The molecule has 2 heterocycles. The van der Waals surface area contributed by atoms with Gasteiger partial charge in [-0.3, -0.25) is 9.69 Å². The van der Waals surface area contributed by atoms with Gasteiger partial charge in [0.15, 0.2) is 0 Å². The van der Waals surface area contributed by atoms with Gasteiger partial charge in [0.1, 0.15) is 5.01 Å². The average Bonchev–Trinajstić information content (AvgIpc) is 3.23. The molecule has 168 valence electrons. The Bertz CT molecular complexity index is 1320. The van der Waals surface area contributed by atoms with Crippen molar-refractivity contribution in [3.63, 3.8) is 0 Å². The third-order valence-electron chi connectivity index (χ3n) is 5.65. The third kappa shape index (κ3) is 5.05. The molecule has 0 radical (unpaired) electrons. The van der Waals surface area contributed by atoms with Gasteiger partial charge in [0.25, 0.3) is 5.91 Å². The molecule has 0 bridgehead atoms. The van der Waals surface area contributed by atoms with Crippen molar-refractivity contribution in [2.45, 2.75) is 6.54 Å². The van der Waals surface area contributed by atoms with Crippen molar-refractivity contribution < 1.29 is 4.79 Å². The lowest BCUT2D eigenvalue weighted by Crippen LogP contribution is -2.42. The molecule has 1 saturated heterocycles. The Morgan fingerprint density at radius 1 is 1.06 bits per heavy atom. The number of benzene rings is 3. The number of anilines is 1. The Hall–Kier alpha value is -2.48. The maximum Gasteiger partial charge on any atom is 0.257 e. The molecule has 1 amide bonds. The van der Waals surface area contributed by atoms with E-state index in [9.17, 15) is 4.79 Å². The predicted octanol–water partition coefficient (Wildman–Crippen LogP) is 5.93. The van der Waals surface area contributed by atoms with Crippen LogP contribution in [0.5, 0.6) is 0 Å². The van der Waals surface area contributed by atoms with Crippen LogP contribution in [0.25, 0.3) is 20.8 Å². The summed E-state index contributed by atoms with van der Waals surface area (Å²) in [6.07, 6.45) is 0. The number of amides is 1. The first-order valence-corrected chi connectivity index (χ1v) is 12.3. The van der Waals surface area contributed by atoms with E-state index in [-0.39, 0.29) is 5.91 Å². The fraction of sp³-hybridized carbons (Fsp3) is 0.200. The van der Waals surface area contributed by atoms with E-state index in [1.165, 1.54) is 5.56 Å². The molecule has 0 aliphatic carbocycles. The summed E-state index contributed by atoms with van der Waals surface area (Å²) in [5, 5.41) is 8.04. The van der Waals surface area contributed by atoms with Crippen LogP contribution in [0.3, 0.4) is 0 Å². The molecular weight excluding hydrogens is 475 g/mol. The van der Waals surface area contributed by atoms with Crippen molar-refractivity contribution >= 4 is 56.3 Å². The number of fused-ring (bicyclic) bond motifs is 1. The largest absolute Gasteiger partial charge is 0.321 e. The summed E-state index contributed by atoms with van der Waals surface area (Å²) >= 11 is 13.8. The van der Waals surface area contributed by atoms with Gasteiger partial charge in [-0.1, -0.05) is 41.4 Å². The van der Waals surface area contributed by atoms with E-state index in [0.29, 0.717) is 21.3 Å². The van der Waals surface area contributed by atoms with E-state index < -0.39 is 0 Å². The first-order valence-electron chi connectivity index (χ1n) is 10.8. The molecule has 33 heavy (non-hydrogen) atoms. The second kappa shape index (κ2) is 9.79. The first-order chi connectivity index (χ1) is 16.1. The number of rotatable bonds is 5. The van der Waals surface area contributed by atoms with Crippen LogP contribution in [-0.2, 0) is 6.54 Å². The quantitative estimate of drug-likeness (QED) is 0.359. The highest BCUT2D eigenvalue weighted by Crippen LogP contribution is 2.35. The second-order valence-electron chi connectivity index (χ2n) is 7.97. The van der Waals surface area contributed by atoms with Gasteiger partial charge < -0.3 is 10.6 Å². The van der Waals surface area contributed by atoms with E-state index in [0.717, 1.165) is 53.5 Å². The van der Waals surface area contributed by atoms with Gasteiger partial charge in [-0.2, -0.15) is 0 Å². The van der Waals surface area contributed by atoms with Gasteiger partial charge in [-0.25, -0.2) is 4.98 Å². The predicted molar refractivity (Wildman–Crippen MR) is 138 cm³/mol. The number of para-hydroxylation sites is 1. The number of carbonyl (C=O) groups is 1. The van der Waals surface area contributed by atoms with Gasteiger partial charge >= 0.3 is 0 Å². The van der Waals surface area contributed by atoms with Crippen LogP contribution >= 0.6 is 34.5 Å². The van der Waals surface area contributed by atoms with Crippen LogP contribution in [-0.4, -0.2) is 42.0 Å². The van der Waals surface area contributed by atoms with Gasteiger partial charge in [0, 0.05) is 43.3 Å². The van der Waals surface area contributed by atoms with Crippen LogP contribution in [0, 0.1) is 0 Å². The maximum absolute atomic E-state index is 12.9. The van der Waals surface area contributed by atoms with Gasteiger partial charge in [0.2, 0.25) is 0 Å². The molecule has 1 aliphatic rings. The smallest absolute Gasteiger partial charge is 0.257 e. The topological polar surface area (TPSA) is 57.3 Å². The number of aromatic nitrogens is 1. The summed E-state index contributed by atoms with van der Waals surface area (Å²) < 4.78 is 1.14. The zero-order valence-corrected chi connectivity index (χ0v) is 20.1.